The van der Waals surface area contributed by atoms with Crippen LogP contribution in [0.15, 0.2) is 59.8 Å². The van der Waals surface area contributed by atoms with Crippen LogP contribution in [0.3, 0.4) is 0 Å². The lowest BCUT2D eigenvalue weighted by Gasteiger charge is -2.19. The molecule has 0 aliphatic carbocycles. The summed E-state index contributed by atoms with van der Waals surface area (Å²) in [7, 11) is -3.95. The maximum absolute atomic E-state index is 13.1. The topological polar surface area (TPSA) is 140 Å². The van der Waals surface area contributed by atoms with Crippen LogP contribution >= 0.6 is 11.6 Å². The number of aromatic carboxylic acids is 1. The second-order valence-corrected chi connectivity index (χ2v) is 9.36. The van der Waals surface area contributed by atoms with E-state index in [0.717, 1.165) is 17.8 Å². The van der Waals surface area contributed by atoms with E-state index >= 15 is 0 Å². The second-order valence-electron chi connectivity index (χ2n) is 7.12. The number of benzene rings is 2. The van der Waals surface area contributed by atoms with Crippen molar-refractivity contribution in [2.75, 3.05) is 16.2 Å². The van der Waals surface area contributed by atoms with E-state index in [9.17, 15) is 23.1 Å². The van der Waals surface area contributed by atoms with E-state index in [1.165, 1.54) is 28.6 Å². The average molecular weight is 483 g/mol. The number of fused-ring (bicyclic) bond motifs is 1. The molecule has 2 heterocycles. The van der Waals surface area contributed by atoms with Gasteiger partial charge in [-0.2, -0.15) is 13.7 Å². The summed E-state index contributed by atoms with van der Waals surface area (Å²) in [6, 6.07) is 13.1. The zero-order chi connectivity index (χ0) is 23.8. The van der Waals surface area contributed by atoms with Crippen LogP contribution in [-0.4, -0.2) is 36.9 Å². The predicted molar refractivity (Wildman–Crippen MR) is 120 cm³/mol. The van der Waals surface area contributed by atoms with Crippen LogP contribution in [-0.2, 0) is 16.4 Å². The number of carboxylic acid groups (broad SMARTS) is 1. The Bertz CT molecular complexity index is 1430. The number of hydrogen-bond acceptors (Lipinski definition) is 6. The van der Waals surface area contributed by atoms with Crippen LogP contribution in [0.2, 0.25) is 5.02 Å². The minimum atomic E-state index is -3.95. The Hall–Kier alpha value is -3.94. The fourth-order valence-electron chi connectivity index (χ4n) is 3.46. The first-order valence-corrected chi connectivity index (χ1v) is 11.4. The van der Waals surface area contributed by atoms with Gasteiger partial charge in [0.1, 0.15) is 0 Å². The Morgan fingerprint density at radius 3 is 2.61 bits per heavy atom. The molecule has 1 aliphatic rings. The average Bonchev–Trinajstić information content (AvgIpc) is 3.23. The summed E-state index contributed by atoms with van der Waals surface area (Å²) in [6.45, 7) is 0.249. The van der Waals surface area contributed by atoms with Gasteiger partial charge in [0.15, 0.2) is 5.03 Å². The highest BCUT2D eigenvalue weighted by molar-refractivity contribution is 7.92. The van der Waals surface area contributed by atoms with Gasteiger partial charge in [0, 0.05) is 17.8 Å². The van der Waals surface area contributed by atoms with E-state index in [2.05, 4.69) is 10.3 Å². The second kappa shape index (κ2) is 8.54. The van der Waals surface area contributed by atoms with Crippen LogP contribution in [0, 0.1) is 11.3 Å². The maximum atomic E-state index is 13.1. The van der Waals surface area contributed by atoms with E-state index in [4.69, 9.17) is 16.9 Å². The number of sulfonamides is 1. The maximum Gasteiger partial charge on any atom is 0.337 e. The fourth-order valence-corrected chi connectivity index (χ4v) is 5.08. The van der Waals surface area contributed by atoms with Crippen molar-refractivity contribution < 1.29 is 23.1 Å². The molecule has 0 saturated heterocycles. The Balaban J connectivity index is 1.56. The smallest absolute Gasteiger partial charge is 0.337 e. The molecule has 0 spiro atoms. The highest BCUT2D eigenvalue weighted by atomic mass is 35.5. The number of halogens is 1. The SMILES string of the molecule is N#Cc1ccc(NC(=O)c2ccc(S(=O)(=O)N3CCc4cc(Cl)ccc43)nc2)c(C(=O)O)c1. The molecule has 0 saturated carbocycles. The number of aromatic nitrogens is 1. The number of nitrogens with zero attached hydrogens (tertiary/aromatic N) is 3. The van der Waals surface area contributed by atoms with Crippen LogP contribution in [0.25, 0.3) is 0 Å². The lowest BCUT2D eigenvalue weighted by molar-refractivity contribution is 0.0698. The summed E-state index contributed by atoms with van der Waals surface area (Å²) in [5.41, 5.74) is 1.26. The number of rotatable bonds is 5. The van der Waals surface area contributed by atoms with Crippen molar-refractivity contribution in [3.8, 4) is 6.07 Å². The van der Waals surface area contributed by atoms with Crippen LogP contribution < -0.4 is 9.62 Å². The van der Waals surface area contributed by atoms with E-state index in [0.29, 0.717) is 17.1 Å². The molecule has 0 radical (unpaired) electrons. The van der Waals surface area contributed by atoms with Gasteiger partial charge in [0.05, 0.1) is 34.1 Å². The monoisotopic (exact) mass is 482 g/mol. The lowest BCUT2D eigenvalue weighted by Crippen LogP contribution is -2.29. The summed E-state index contributed by atoms with van der Waals surface area (Å²) >= 11 is 5.98. The molecule has 0 bridgehead atoms. The standard InChI is InChI=1S/C22H15ClN4O5S/c23-16-3-5-19-14(10-16)7-8-27(19)33(31,32)20-6-2-15(12-25-20)21(28)26-18-4-1-13(11-24)9-17(18)22(29)30/h1-6,9-10,12H,7-8H2,(H,26,28)(H,29,30). The van der Waals surface area contributed by atoms with E-state index in [-0.39, 0.29) is 33.9 Å². The van der Waals surface area contributed by atoms with Gasteiger partial charge in [0.2, 0.25) is 0 Å². The van der Waals surface area contributed by atoms with Crippen LogP contribution in [0.4, 0.5) is 11.4 Å². The number of carbonyl (C=O) groups excluding carboxylic acids is 1. The molecule has 3 aromatic rings. The quantitative estimate of drug-likeness (QED) is 0.568. The van der Waals surface area contributed by atoms with Crippen LogP contribution in [0.5, 0.6) is 0 Å². The zero-order valence-electron chi connectivity index (χ0n) is 16.8. The molecule has 0 unspecified atom stereocenters. The molecule has 0 fully saturated rings. The predicted octanol–water partition coefficient (Wildman–Crippen LogP) is 3.31. The number of pyridine rings is 1. The largest absolute Gasteiger partial charge is 0.478 e. The number of carboxylic acids is 1. The number of amides is 1. The molecule has 1 amide bonds. The van der Waals surface area contributed by atoms with Crippen molar-refractivity contribution in [3.63, 3.8) is 0 Å². The molecule has 4 rings (SSSR count). The Kier molecular flexibility index (Phi) is 5.76. The number of hydrogen-bond donors (Lipinski definition) is 2. The lowest BCUT2D eigenvalue weighted by atomic mass is 10.1. The molecule has 166 valence electrons. The van der Waals surface area contributed by atoms with Crippen molar-refractivity contribution in [2.45, 2.75) is 11.4 Å². The molecule has 11 heteroatoms. The van der Waals surface area contributed by atoms with Crippen molar-refractivity contribution in [1.82, 2.24) is 4.98 Å². The number of carbonyl (C=O) groups is 2. The third-order valence-electron chi connectivity index (χ3n) is 5.07. The zero-order valence-corrected chi connectivity index (χ0v) is 18.4. The molecule has 2 aromatic carbocycles. The third-order valence-corrected chi connectivity index (χ3v) is 7.04. The summed E-state index contributed by atoms with van der Waals surface area (Å²) in [4.78, 5) is 28.0. The number of anilines is 2. The first kappa shape index (κ1) is 22.3. The Labute approximate surface area is 193 Å². The summed E-state index contributed by atoms with van der Waals surface area (Å²) in [5.74, 6) is -1.99. The molecule has 33 heavy (non-hydrogen) atoms. The number of nitriles is 1. The van der Waals surface area contributed by atoms with Crippen molar-refractivity contribution >= 4 is 44.9 Å². The molecule has 9 nitrogen and oxygen atoms in total. The van der Waals surface area contributed by atoms with Gasteiger partial charge < -0.3 is 10.4 Å². The van der Waals surface area contributed by atoms with Crippen molar-refractivity contribution in [3.05, 3.63) is 82.0 Å². The van der Waals surface area contributed by atoms with Gasteiger partial charge in [-0.15, -0.1) is 0 Å². The van der Waals surface area contributed by atoms with Gasteiger partial charge in [-0.3, -0.25) is 9.10 Å². The fraction of sp³-hybridized carbons (Fsp3) is 0.0909. The Morgan fingerprint density at radius 1 is 1.15 bits per heavy atom. The number of nitrogens with one attached hydrogen (secondary N) is 1. The Morgan fingerprint density at radius 2 is 1.94 bits per heavy atom. The molecule has 1 aliphatic heterocycles. The molecule has 1 aromatic heterocycles. The normalized spacial score (nSPS) is 12.7. The first-order chi connectivity index (χ1) is 15.7. The van der Waals surface area contributed by atoms with Gasteiger partial charge in [-0.05, 0) is 60.5 Å². The van der Waals surface area contributed by atoms with Crippen molar-refractivity contribution in [2.24, 2.45) is 0 Å². The van der Waals surface area contributed by atoms with Crippen molar-refractivity contribution in [1.29, 1.82) is 5.26 Å². The summed E-state index contributed by atoms with van der Waals surface area (Å²) in [5, 5.41) is 21.0. The van der Waals surface area contributed by atoms with Crippen LogP contribution in [0.1, 0.15) is 31.8 Å². The van der Waals surface area contributed by atoms with E-state index in [1.54, 1.807) is 18.2 Å². The van der Waals surface area contributed by atoms with Gasteiger partial charge in [-0.25, -0.2) is 9.78 Å². The van der Waals surface area contributed by atoms with Gasteiger partial charge in [-0.1, -0.05) is 11.6 Å². The van der Waals surface area contributed by atoms with E-state index in [1.807, 2.05) is 6.07 Å². The minimum absolute atomic E-state index is 0.00414. The summed E-state index contributed by atoms with van der Waals surface area (Å²) in [6.07, 6.45) is 1.62. The van der Waals surface area contributed by atoms with E-state index < -0.39 is 21.9 Å². The molecular formula is C22H15ClN4O5S. The highest BCUT2D eigenvalue weighted by Crippen LogP contribution is 2.34. The van der Waals surface area contributed by atoms with Gasteiger partial charge in [0.25, 0.3) is 15.9 Å². The first-order valence-electron chi connectivity index (χ1n) is 9.57. The molecule has 0 atom stereocenters. The summed E-state index contributed by atoms with van der Waals surface area (Å²) < 4.78 is 27.4. The molecular weight excluding hydrogens is 468 g/mol. The molecule has 2 N–H and O–H groups in total. The van der Waals surface area contributed by atoms with Gasteiger partial charge >= 0.3 is 5.97 Å². The third kappa shape index (κ3) is 4.24. The highest BCUT2D eigenvalue weighted by Gasteiger charge is 2.32. The minimum Gasteiger partial charge on any atom is -0.478 e.